The van der Waals surface area contributed by atoms with E-state index < -0.39 is 0 Å². The van der Waals surface area contributed by atoms with Crippen molar-refractivity contribution in [2.24, 2.45) is 0 Å². The molecule has 2 amide bonds. The first kappa shape index (κ1) is 25.2. The van der Waals surface area contributed by atoms with Crippen LogP contribution in [0.4, 0.5) is 11.4 Å². The molecule has 0 atom stereocenters. The summed E-state index contributed by atoms with van der Waals surface area (Å²) in [6.07, 6.45) is 12.6. The Bertz CT molecular complexity index is 653. The van der Waals surface area contributed by atoms with E-state index in [1.165, 1.54) is 38.5 Å². The first-order chi connectivity index (χ1) is 13.9. The van der Waals surface area contributed by atoms with Crippen molar-refractivity contribution >= 4 is 23.2 Å². The van der Waals surface area contributed by atoms with Crippen molar-refractivity contribution in [1.29, 1.82) is 0 Å². The molecule has 0 aliphatic rings. The van der Waals surface area contributed by atoms with Crippen LogP contribution in [-0.4, -0.2) is 11.8 Å². The average molecular weight is 403 g/mol. The van der Waals surface area contributed by atoms with Crippen LogP contribution >= 0.6 is 0 Å². The quantitative estimate of drug-likeness (QED) is 0.323. The second kappa shape index (κ2) is 14.2. The number of benzene rings is 1. The molecule has 4 nitrogen and oxygen atoms in total. The fourth-order valence-corrected chi connectivity index (χ4v) is 3.60. The molecule has 164 valence electrons. The van der Waals surface area contributed by atoms with E-state index in [2.05, 4.69) is 24.5 Å². The Labute approximate surface area is 178 Å². The van der Waals surface area contributed by atoms with Gasteiger partial charge in [-0.05, 0) is 56.4 Å². The van der Waals surface area contributed by atoms with Crippen molar-refractivity contribution in [3.8, 4) is 0 Å². The lowest BCUT2D eigenvalue weighted by Crippen LogP contribution is -2.16. The average Bonchev–Trinajstić information content (AvgIpc) is 2.69. The lowest BCUT2D eigenvalue weighted by Gasteiger charge is -2.18. The zero-order valence-electron chi connectivity index (χ0n) is 19.4. The number of amides is 2. The predicted molar refractivity (Wildman–Crippen MR) is 125 cm³/mol. The molecule has 4 heteroatoms. The Balaban J connectivity index is 2.61. The number of aryl methyl sites for hydroxylation is 1. The predicted octanol–water partition coefficient (Wildman–Crippen LogP) is 7.21. The van der Waals surface area contributed by atoms with Crippen molar-refractivity contribution < 1.29 is 9.59 Å². The minimum Gasteiger partial charge on any atom is -0.326 e. The van der Waals surface area contributed by atoms with Gasteiger partial charge in [-0.25, -0.2) is 0 Å². The van der Waals surface area contributed by atoms with Crippen LogP contribution in [-0.2, 0) is 9.59 Å². The summed E-state index contributed by atoms with van der Waals surface area (Å²) in [4.78, 5) is 24.6. The molecule has 0 aromatic heterocycles. The summed E-state index contributed by atoms with van der Waals surface area (Å²) in [5.41, 5.74) is 4.79. The summed E-state index contributed by atoms with van der Waals surface area (Å²) in [6.45, 7) is 10.4. The number of hydrogen-bond donors (Lipinski definition) is 2. The fraction of sp³-hybridized carbons (Fsp3) is 0.680. The Kier molecular flexibility index (Phi) is 12.3. The van der Waals surface area contributed by atoms with Gasteiger partial charge in [-0.15, -0.1) is 0 Å². The van der Waals surface area contributed by atoms with Crippen molar-refractivity contribution in [3.05, 3.63) is 22.8 Å². The molecule has 2 N–H and O–H groups in total. The van der Waals surface area contributed by atoms with Gasteiger partial charge in [0, 0.05) is 24.2 Å². The van der Waals surface area contributed by atoms with Crippen molar-refractivity contribution in [3.63, 3.8) is 0 Å². The highest BCUT2D eigenvalue weighted by molar-refractivity contribution is 5.95. The van der Waals surface area contributed by atoms with Crippen LogP contribution in [0.15, 0.2) is 6.07 Å². The lowest BCUT2D eigenvalue weighted by molar-refractivity contribution is -0.117. The van der Waals surface area contributed by atoms with Crippen LogP contribution in [0.5, 0.6) is 0 Å². The van der Waals surface area contributed by atoms with E-state index in [4.69, 9.17) is 0 Å². The molecule has 0 saturated carbocycles. The highest BCUT2D eigenvalue weighted by atomic mass is 16.2. The summed E-state index contributed by atoms with van der Waals surface area (Å²) in [5.74, 6) is 0.156. The molecule has 0 spiro atoms. The van der Waals surface area contributed by atoms with Crippen LogP contribution in [0.25, 0.3) is 0 Å². The molecule has 1 rings (SSSR count). The van der Waals surface area contributed by atoms with Crippen LogP contribution in [0.1, 0.15) is 108 Å². The third kappa shape index (κ3) is 9.47. The van der Waals surface area contributed by atoms with Gasteiger partial charge in [0.1, 0.15) is 0 Å². The van der Waals surface area contributed by atoms with E-state index in [0.29, 0.717) is 12.8 Å². The largest absolute Gasteiger partial charge is 0.326 e. The molecule has 0 fully saturated rings. The smallest absolute Gasteiger partial charge is 0.224 e. The van der Waals surface area contributed by atoms with Crippen LogP contribution in [0.2, 0.25) is 0 Å². The first-order valence-corrected chi connectivity index (χ1v) is 11.6. The van der Waals surface area contributed by atoms with Gasteiger partial charge in [0.15, 0.2) is 0 Å². The second-order valence-corrected chi connectivity index (χ2v) is 8.29. The van der Waals surface area contributed by atoms with Gasteiger partial charge in [0.05, 0.1) is 0 Å². The second-order valence-electron chi connectivity index (χ2n) is 8.29. The van der Waals surface area contributed by atoms with Crippen LogP contribution in [0, 0.1) is 20.8 Å². The van der Waals surface area contributed by atoms with Crippen molar-refractivity contribution in [1.82, 2.24) is 0 Å². The van der Waals surface area contributed by atoms with Gasteiger partial charge in [-0.2, -0.15) is 0 Å². The highest BCUT2D eigenvalue weighted by Gasteiger charge is 2.14. The van der Waals surface area contributed by atoms with E-state index in [0.717, 1.165) is 53.7 Å². The first-order valence-electron chi connectivity index (χ1n) is 11.6. The van der Waals surface area contributed by atoms with Gasteiger partial charge >= 0.3 is 0 Å². The van der Waals surface area contributed by atoms with E-state index in [9.17, 15) is 9.59 Å². The molecule has 1 aromatic carbocycles. The van der Waals surface area contributed by atoms with E-state index in [1.807, 2.05) is 26.8 Å². The molecule has 0 heterocycles. The maximum Gasteiger partial charge on any atom is 0.224 e. The van der Waals surface area contributed by atoms with Crippen LogP contribution in [0.3, 0.4) is 0 Å². The van der Waals surface area contributed by atoms with E-state index in [1.54, 1.807) is 0 Å². The molecule has 0 unspecified atom stereocenters. The Morgan fingerprint density at radius 1 is 0.690 bits per heavy atom. The molecule has 0 bridgehead atoms. The Morgan fingerprint density at radius 3 is 1.69 bits per heavy atom. The maximum atomic E-state index is 12.3. The zero-order valence-corrected chi connectivity index (χ0v) is 19.4. The number of carbonyl (C=O) groups is 2. The number of anilines is 2. The number of rotatable bonds is 14. The number of nitrogens with one attached hydrogen (secondary N) is 2. The van der Waals surface area contributed by atoms with Crippen molar-refractivity contribution in [2.75, 3.05) is 10.6 Å². The fourth-order valence-electron chi connectivity index (χ4n) is 3.60. The maximum absolute atomic E-state index is 12.3. The Hall–Kier alpha value is -1.84. The molecule has 0 saturated heterocycles. The summed E-state index contributed by atoms with van der Waals surface area (Å²) in [6, 6.07) is 1.98. The Morgan fingerprint density at radius 2 is 1.17 bits per heavy atom. The van der Waals surface area contributed by atoms with Gasteiger partial charge < -0.3 is 10.6 Å². The molecule has 29 heavy (non-hydrogen) atoms. The van der Waals surface area contributed by atoms with Gasteiger partial charge in [-0.1, -0.05) is 65.2 Å². The summed E-state index contributed by atoms with van der Waals surface area (Å²) in [5, 5.41) is 6.16. The van der Waals surface area contributed by atoms with Gasteiger partial charge in [-0.3, -0.25) is 9.59 Å². The topological polar surface area (TPSA) is 58.2 Å². The zero-order chi connectivity index (χ0) is 21.6. The van der Waals surface area contributed by atoms with E-state index >= 15 is 0 Å². The van der Waals surface area contributed by atoms with Crippen molar-refractivity contribution in [2.45, 2.75) is 112 Å². The number of carbonyl (C=O) groups excluding carboxylic acids is 2. The summed E-state index contributed by atoms with van der Waals surface area (Å²) < 4.78 is 0. The minimum absolute atomic E-state index is 0.0762. The third-order valence-corrected chi connectivity index (χ3v) is 5.65. The van der Waals surface area contributed by atoms with Gasteiger partial charge in [0.2, 0.25) is 11.8 Å². The number of unbranched alkanes of at least 4 members (excludes halogenated alkanes) is 8. The minimum atomic E-state index is 0.0762. The lowest BCUT2D eigenvalue weighted by atomic mass is 10.0. The highest BCUT2D eigenvalue weighted by Crippen LogP contribution is 2.30. The molecule has 0 aliphatic heterocycles. The third-order valence-electron chi connectivity index (χ3n) is 5.65. The van der Waals surface area contributed by atoms with Gasteiger partial charge in [0.25, 0.3) is 0 Å². The van der Waals surface area contributed by atoms with E-state index in [-0.39, 0.29) is 11.8 Å². The standard InChI is InChI=1S/C25H42N2O2/c1-6-8-10-12-14-16-23(28)26-22-18-19(3)25(21(5)20(22)4)27-24(29)17-15-13-11-9-7-2/h18H,6-17H2,1-5H3,(H,26,28)(H,27,29). The summed E-state index contributed by atoms with van der Waals surface area (Å²) in [7, 11) is 0. The molecular weight excluding hydrogens is 360 g/mol. The van der Waals surface area contributed by atoms with Crippen LogP contribution < -0.4 is 10.6 Å². The summed E-state index contributed by atoms with van der Waals surface area (Å²) >= 11 is 0. The number of hydrogen-bond acceptors (Lipinski definition) is 2. The molecular formula is C25H42N2O2. The normalized spacial score (nSPS) is 10.8. The molecule has 1 aromatic rings. The monoisotopic (exact) mass is 402 g/mol. The molecule has 0 aliphatic carbocycles. The molecule has 0 radical (unpaired) electrons. The SMILES string of the molecule is CCCCCCCC(=O)Nc1cc(C)c(NC(=O)CCCCCCC)c(C)c1C.